The first-order valence-corrected chi connectivity index (χ1v) is 6.59. The van der Waals surface area contributed by atoms with E-state index >= 15 is 0 Å². The topological polar surface area (TPSA) is 30.5 Å². The lowest BCUT2D eigenvalue weighted by Crippen LogP contribution is -2.02. The highest BCUT2D eigenvalue weighted by molar-refractivity contribution is 6.32. The molecule has 0 atom stereocenters. The Morgan fingerprint density at radius 2 is 2.10 bits per heavy atom. The third kappa shape index (κ3) is 2.51. The van der Waals surface area contributed by atoms with Gasteiger partial charge in [-0.2, -0.15) is 0 Å². The highest BCUT2D eigenvalue weighted by atomic mass is 35.5. The van der Waals surface area contributed by atoms with Crippen molar-refractivity contribution in [1.29, 1.82) is 0 Å². The van der Waals surface area contributed by atoms with Crippen LogP contribution in [0, 0.1) is 12.7 Å². The van der Waals surface area contributed by atoms with E-state index in [0.717, 1.165) is 11.1 Å². The summed E-state index contributed by atoms with van der Waals surface area (Å²) in [5.74, 6) is 0.915. The molecule has 0 saturated carbocycles. The molecule has 0 aliphatic carbocycles. The summed E-state index contributed by atoms with van der Waals surface area (Å²) in [6.07, 6.45) is 0. The maximum atomic E-state index is 13.6. The van der Waals surface area contributed by atoms with Crippen LogP contribution in [0.4, 0.5) is 10.1 Å². The molecule has 3 rings (SSSR count). The minimum absolute atomic E-state index is 0.179. The zero-order chi connectivity index (χ0) is 14.1. The average Bonchev–Trinajstić information content (AvgIpc) is 2.89. The number of rotatable bonds is 3. The second-order valence-electron chi connectivity index (χ2n) is 4.65. The van der Waals surface area contributed by atoms with Crippen molar-refractivity contribution in [1.82, 2.24) is 0 Å². The normalized spacial score (nSPS) is 12.6. The molecule has 0 radical (unpaired) electrons. The van der Waals surface area contributed by atoms with E-state index in [1.54, 1.807) is 18.2 Å². The summed E-state index contributed by atoms with van der Waals surface area (Å²) in [4.78, 5) is 0. The van der Waals surface area contributed by atoms with E-state index in [1.807, 2.05) is 13.0 Å². The molecule has 1 aliphatic rings. The fourth-order valence-corrected chi connectivity index (χ4v) is 2.38. The molecule has 2 aromatic carbocycles. The highest BCUT2D eigenvalue weighted by Crippen LogP contribution is 2.39. The molecule has 0 fully saturated rings. The summed E-state index contributed by atoms with van der Waals surface area (Å²) in [7, 11) is 0. The van der Waals surface area contributed by atoms with Crippen molar-refractivity contribution in [3.63, 3.8) is 0 Å². The molecular weight excluding hydrogens is 281 g/mol. The fourth-order valence-electron chi connectivity index (χ4n) is 2.09. The molecule has 20 heavy (non-hydrogen) atoms. The van der Waals surface area contributed by atoms with Crippen molar-refractivity contribution >= 4 is 17.3 Å². The summed E-state index contributed by atoms with van der Waals surface area (Å²) in [6.45, 7) is 2.55. The number of ether oxygens (including phenoxy) is 2. The van der Waals surface area contributed by atoms with Crippen molar-refractivity contribution in [3.8, 4) is 11.5 Å². The van der Waals surface area contributed by atoms with Gasteiger partial charge in [0, 0.05) is 6.54 Å². The molecular formula is C15H13ClFNO2. The lowest BCUT2D eigenvalue weighted by molar-refractivity contribution is 0.174. The van der Waals surface area contributed by atoms with Gasteiger partial charge in [0.15, 0.2) is 11.5 Å². The van der Waals surface area contributed by atoms with Gasteiger partial charge in [-0.1, -0.05) is 17.7 Å². The molecule has 0 unspecified atom stereocenters. The van der Waals surface area contributed by atoms with Crippen molar-refractivity contribution < 1.29 is 13.9 Å². The molecule has 0 spiro atoms. The van der Waals surface area contributed by atoms with Gasteiger partial charge in [0.05, 0.1) is 10.7 Å². The number of nitrogens with one attached hydrogen (secondary N) is 1. The maximum Gasteiger partial charge on any atom is 0.231 e. The Balaban J connectivity index is 1.79. The average molecular weight is 294 g/mol. The van der Waals surface area contributed by atoms with Crippen molar-refractivity contribution in [2.45, 2.75) is 13.5 Å². The lowest BCUT2D eigenvalue weighted by Gasteiger charge is -2.10. The zero-order valence-electron chi connectivity index (χ0n) is 10.9. The van der Waals surface area contributed by atoms with Gasteiger partial charge in [-0.25, -0.2) is 4.39 Å². The Hall–Kier alpha value is -1.94. The van der Waals surface area contributed by atoms with Crippen LogP contribution < -0.4 is 14.8 Å². The van der Waals surface area contributed by atoms with Crippen molar-refractivity contribution in [3.05, 3.63) is 52.3 Å². The van der Waals surface area contributed by atoms with Gasteiger partial charge >= 0.3 is 0 Å². The summed E-state index contributed by atoms with van der Waals surface area (Å²) >= 11 is 6.11. The number of aryl methyl sites for hydroxylation is 1. The van der Waals surface area contributed by atoms with Gasteiger partial charge in [-0.15, -0.1) is 0 Å². The Kier molecular flexibility index (Phi) is 3.40. The van der Waals surface area contributed by atoms with Crippen LogP contribution in [0.3, 0.4) is 0 Å². The smallest absolute Gasteiger partial charge is 0.231 e. The summed E-state index contributed by atoms with van der Waals surface area (Å²) in [5.41, 5.74) is 2.37. The van der Waals surface area contributed by atoms with Crippen LogP contribution in [0.25, 0.3) is 0 Å². The fraction of sp³-hybridized carbons (Fsp3) is 0.200. The van der Waals surface area contributed by atoms with E-state index in [0.29, 0.717) is 28.8 Å². The van der Waals surface area contributed by atoms with E-state index < -0.39 is 0 Å². The van der Waals surface area contributed by atoms with Crippen LogP contribution >= 0.6 is 11.6 Å². The standard InChI is InChI=1S/C15H13ClFNO2/c1-9-2-3-12(17)13(4-9)18-7-10-5-11(16)15-14(6-10)19-8-20-15/h2-6,18H,7-8H2,1H3. The molecule has 104 valence electrons. The second kappa shape index (κ2) is 5.21. The van der Waals surface area contributed by atoms with E-state index in [9.17, 15) is 4.39 Å². The molecule has 5 heteroatoms. The minimum atomic E-state index is -0.276. The number of benzene rings is 2. The Bertz CT molecular complexity index is 661. The molecule has 1 aliphatic heterocycles. The number of fused-ring (bicyclic) bond motifs is 1. The predicted octanol–water partition coefficient (Wildman–Crippen LogP) is 4.13. The number of hydrogen-bond donors (Lipinski definition) is 1. The Labute approximate surface area is 121 Å². The van der Waals surface area contributed by atoms with Gasteiger partial charge in [0.2, 0.25) is 6.79 Å². The zero-order valence-corrected chi connectivity index (χ0v) is 11.6. The minimum Gasteiger partial charge on any atom is -0.454 e. The first-order chi connectivity index (χ1) is 9.63. The number of anilines is 1. The van der Waals surface area contributed by atoms with Crippen LogP contribution in [0.1, 0.15) is 11.1 Å². The van der Waals surface area contributed by atoms with Gasteiger partial charge in [0.25, 0.3) is 0 Å². The van der Waals surface area contributed by atoms with E-state index in [4.69, 9.17) is 21.1 Å². The summed E-state index contributed by atoms with van der Waals surface area (Å²) in [5, 5.41) is 3.56. The van der Waals surface area contributed by atoms with Gasteiger partial charge < -0.3 is 14.8 Å². The number of halogens is 2. The first-order valence-electron chi connectivity index (χ1n) is 6.21. The van der Waals surface area contributed by atoms with Gasteiger partial charge in [-0.05, 0) is 42.3 Å². The SMILES string of the molecule is Cc1ccc(F)c(NCc2cc(Cl)c3c(c2)OCO3)c1. The molecule has 0 aromatic heterocycles. The molecule has 3 nitrogen and oxygen atoms in total. The third-order valence-corrected chi connectivity index (χ3v) is 3.37. The van der Waals surface area contributed by atoms with Crippen LogP contribution in [0.15, 0.2) is 30.3 Å². The van der Waals surface area contributed by atoms with Crippen molar-refractivity contribution in [2.75, 3.05) is 12.1 Å². The van der Waals surface area contributed by atoms with E-state index in [1.165, 1.54) is 6.07 Å². The van der Waals surface area contributed by atoms with Crippen LogP contribution in [-0.4, -0.2) is 6.79 Å². The molecule has 0 bridgehead atoms. The largest absolute Gasteiger partial charge is 0.454 e. The monoisotopic (exact) mass is 293 g/mol. The Morgan fingerprint density at radius 1 is 1.25 bits per heavy atom. The molecule has 0 saturated heterocycles. The Morgan fingerprint density at radius 3 is 2.95 bits per heavy atom. The molecule has 0 amide bonds. The van der Waals surface area contributed by atoms with E-state index in [-0.39, 0.29) is 12.6 Å². The quantitative estimate of drug-likeness (QED) is 0.923. The van der Waals surface area contributed by atoms with Gasteiger partial charge in [0.1, 0.15) is 5.82 Å². The lowest BCUT2D eigenvalue weighted by atomic mass is 10.1. The molecule has 1 heterocycles. The second-order valence-corrected chi connectivity index (χ2v) is 5.06. The van der Waals surface area contributed by atoms with Gasteiger partial charge in [-0.3, -0.25) is 0 Å². The number of hydrogen-bond acceptors (Lipinski definition) is 3. The van der Waals surface area contributed by atoms with Crippen molar-refractivity contribution in [2.24, 2.45) is 0 Å². The van der Waals surface area contributed by atoms with Crippen LogP contribution in [0.2, 0.25) is 5.02 Å². The molecule has 1 N–H and O–H groups in total. The van der Waals surface area contributed by atoms with Crippen LogP contribution in [0.5, 0.6) is 11.5 Å². The summed E-state index contributed by atoms with van der Waals surface area (Å²) < 4.78 is 24.2. The predicted molar refractivity (Wildman–Crippen MR) is 76.0 cm³/mol. The summed E-state index contributed by atoms with van der Waals surface area (Å²) in [6, 6.07) is 8.58. The third-order valence-electron chi connectivity index (χ3n) is 3.09. The van der Waals surface area contributed by atoms with Crippen LogP contribution in [-0.2, 0) is 6.54 Å². The first kappa shape index (κ1) is 13.1. The highest BCUT2D eigenvalue weighted by Gasteiger charge is 2.18. The maximum absolute atomic E-state index is 13.6. The van der Waals surface area contributed by atoms with E-state index in [2.05, 4.69) is 5.32 Å². The molecule has 2 aromatic rings.